The Balaban J connectivity index is 1.27. The number of aliphatic hydroxyl groups excluding tert-OH is 2. The van der Waals surface area contributed by atoms with Crippen LogP contribution in [0.4, 0.5) is 0 Å². The van der Waals surface area contributed by atoms with Crippen molar-refractivity contribution in [1.82, 2.24) is 5.23 Å². The van der Waals surface area contributed by atoms with Crippen LogP contribution in [-0.2, 0) is 29.3 Å². The fourth-order valence-corrected chi connectivity index (χ4v) is 13.0. The molecule has 11 heteroatoms. The van der Waals surface area contributed by atoms with Crippen LogP contribution in [0.1, 0.15) is 51.1 Å². The minimum Gasteiger partial charge on any atom is -0.453 e. The Kier molecular flexibility index (Phi) is 11.7. The van der Waals surface area contributed by atoms with E-state index in [-0.39, 0.29) is 0 Å². The number of hydrogen-bond donors (Lipinski definition) is 2. The molecule has 0 amide bonds. The lowest BCUT2D eigenvalue weighted by molar-refractivity contribution is -0.466. The summed E-state index contributed by atoms with van der Waals surface area (Å²) in [4.78, 5) is 41.7. The predicted octanol–water partition coefficient (Wildman–Crippen LogP) is 6.59. The van der Waals surface area contributed by atoms with Gasteiger partial charge in [0.2, 0.25) is 6.29 Å². The summed E-state index contributed by atoms with van der Waals surface area (Å²) >= 11 is 0. The van der Waals surface area contributed by atoms with Crippen LogP contribution in [0.2, 0.25) is 18.6 Å². The fraction of sp³-hybridized carbons (Fsp3) is 0.319. The SMILES string of the molecule is C[Si](C)(c1ccccc1)[C@H]1[C@@H]([C@@H](O)CO)ON2O[C@H](O[C@@H]3CCCC3(c3ccccc3)c3ccccc3)[C@H](OC(=O)c3ccccc3)[C@@H](OC(=O)c3ccccc3)[C@H]12. The van der Waals surface area contributed by atoms with E-state index in [9.17, 15) is 19.8 Å². The number of hydrogen-bond acceptors (Lipinski definition) is 10. The normalized spacial score (nSPS) is 26.0. The van der Waals surface area contributed by atoms with Crippen LogP contribution in [0.3, 0.4) is 0 Å². The number of carbonyl (C=O) groups excluding carboxylic acids is 2. The largest absolute Gasteiger partial charge is 0.453 e. The van der Waals surface area contributed by atoms with Crippen molar-refractivity contribution in [3.63, 3.8) is 0 Å². The van der Waals surface area contributed by atoms with Crippen molar-refractivity contribution in [3.8, 4) is 0 Å². The van der Waals surface area contributed by atoms with Crippen molar-refractivity contribution in [3.05, 3.63) is 174 Å². The van der Waals surface area contributed by atoms with Gasteiger partial charge in [0.15, 0.2) is 12.2 Å². The van der Waals surface area contributed by atoms with E-state index < -0.39 is 80.4 Å². The molecular formula is C47H49NO9Si. The molecule has 0 unspecified atom stereocenters. The van der Waals surface area contributed by atoms with E-state index >= 15 is 0 Å². The summed E-state index contributed by atoms with van der Waals surface area (Å²) in [7, 11) is -2.76. The lowest BCUT2D eigenvalue weighted by Gasteiger charge is -2.47. The molecule has 2 heterocycles. The monoisotopic (exact) mass is 799 g/mol. The fourth-order valence-electron chi connectivity index (χ4n) is 9.33. The van der Waals surface area contributed by atoms with Gasteiger partial charge in [0, 0.05) is 11.0 Å². The molecule has 1 aliphatic carbocycles. The highest BCUT2D eigenvalue weighted by Gasteiger charge is 2.65. The first kappa shape index (κ1) is 39.8. The van der Waals surface area contributed by atoms with Crippen molar-refractivity contribution < 1.29 is 43.7 Å². The third-order valence-electron chi connectivity index (χ3n) is 12.2. The van der Waals surface area contributed by atoms with E-state index in [1.807, 2.05) is 78.9 Å². The van der Waals surface area contributed by atoms with Crippen LogP contribution in [0.5, 0.6) is 0 Å². The number of carbonyl (C=O) groups is 2. The van der Waals surface area contributed by atoms with E-state index in [1.54, 1.807) is 48.5 Å². The van der Waals surface area contributed by atoms with E-state index in [0.717, 1.165) is 29.2 Å². The van der Waals surface area contributed by atoms with Crippen LogP contribution < -0.4 is 5.19 Å². The molecule has 8 rings (SSSR count). The lowest BCUT2D eigenvalue weighted by atomic mass is 9.71. The summed E-state index contributed by atoms with van der Waals surface area (Å²) in [5.41, 5.74) is 1.59. The maximum atomic E-state index is 14.2. The number of aliphatic hydroxyl groups is 2. The van der Waals surface area contributed by atoms with E-state index in [1.165, 1.54) is 5.23 Å². The van der Waals surface area contributed by atoms with Crippen LogP contribution in [0.15, 0.2) is 152 Å². The van der Waals surface area contributed by atoms with Crippen LogP contribution >= 0.6 is 0 Å². The Hall–Kier alpha value is -4.98. The Bertz CT molecular complexity index is 2090. The number of esters is 2. The molecule has 0 radical (unpaired) electrons. The second-order valence-corrected chi connectivity index (χ2v) is 20.6. The van der Waals surface area contributed by atoms with Crippen LogP contribution in [-0.4, -0.2) is 84.9 Å². The summed E-state index contributed by atoms with van der Waals surface area (Å²) in [6.45, 7) is 3.71. The van der Waals surface area contributed by atoms with E-state index in [2.05, 4.69) is 37.4 Å². The highest BCUT2D eigenvalue weighted by molar-refractivity contribution is 6.91. The number of hydroxylamine groups is 2. The molecule has 300 valence electrons. The van der Waals surface area contributed by atoms with Crippen molar-refractivity contribution in [1.29, 1.82) is 0 Å². The lowest BCUT2D eigenvalue weighted by Crippen LogP contribution is -2.65. The molecule has 58 heavy (non-hydrogen) atoms. The summed E-state index contributed by atoms with van der Waals surface area (Å²) in [6.07, 6.45) is -4.34. The summed E-state index contributed by atoms with van der Waals surface area (Å²) < 4.78 is 20.2. The third-order valence-corrected chi connectivity index (χ3v) is 16.4. The molecule has 2 aliphatic heterocycles. The minimum absolute atomic E-state index is 0.299. The molecule has 3 aliphatic rings. The molecule has 8 atom stereocenters. The number of nitrogens with zero attached hydrogens (tertiary/aromatic N) is 1. The molecule has 3 fully saturated rings. The highest BCUT2D eigenvalue weighted by Crippen LogP contribution is 2.51. The average molecular weight is 800 g/mol. The van der Waals surface area contributed by atoms with Gasteiger partial charge < -0.3 is 24.4 Å². The maximum absolute atomic E-state index is 14.2. The summed E-state index contributed by atoms with van der Waals surface area (Å²) in [5.74, 6) is -1.29. The molecular weight excluding hydrogens is 751 g/mol. The third kappa shape index (κ3) is 7.55. The molecule has 5 aromatic carbocycles. The zero-order valence-electron chi connectivity index (χ0n) is 32.6. The number of benzene rings is 5. The van der Waals surface area contributed by atoms with Gasteiger partial charge in [0.1, 0.15) is 18.2 Å². The molecule has 0 aromatic heterocycles. The van der Waals surface area contributed by atoms with Gasteiger partial charge >= 0.3 is 11.9 Å². The molecule has 0 bridgehead atoms. The maximum Gasteiger partial charge on any atom is 0.338 e. The molecule has 2 N–H and O–H groups in total. The Morgan fingerprint density at radius 2 is 1.21 bits per heavy atom. The van der Waals surface area contributed by atoms with Crippen molar-refractivity contribution >= 4 is 25.2 Å². The van der Waals surface area contributed by atoms with Crippen molar-refractivity contribution in [2.24, 2.45) is 0 Å². The Morgan fingerprint density at radius 1 is 0.724 bits per heavy atom. The van der Waals surface area contributed by atoms with Gasteiger partial charge in [0.05, 0.1) is 31.9 Å². The van der Waals surface area contributed by atoms with Crippen molar-refractivity contribution in [2.45, 2.75) is 86.2 Å². The zero-order chi connectivity index (χ0) is 40.3. The predicted molar refractivity (Wildman–Crippen MR) is 219 cm³/mol. The van der Waals surface area contributed by atoms with Gasteiger partial charge in [-0.3, -0.25) is 4.84 Å². The zero-order valence-corrected chi connectivity index (χ0v) is 33.6. The van der Waals surface area contributed by atoms with E-state index in [4.69, 9.17) is 23.9 Å². The quantitative estimate of drug-likeness (QED) is 0.106. The molecule has 2 saturated heterocycles. The first-order valence-corrected chi connectivity index (χ1v) is 23.1. The van der Waals surface area contributed by atoms with Gasteiger partial charge in [0.25, 0.3) is 0 Å². The standard InChI is InChI=1S/C47H49NO9Si/c1-58(2,36-27-16-7-17-28-36)43-39-41(54-44(51)32-19-8-3-9-20-32)42(55-45(52)33-21-10-4-11-22-33)46(57-48(39)56-40(43)37(50)31-49)53-38-29-18-30-47(38,34-23-12-5-13-24-34)35-25-14-6-15-26-35/h3-17,19-28,37-43,46,49-50H,18,29-31H2,1-2H3/t37-,38+,39+,40+,41-,42+,43+,46-/m0/s1. The Labute approximate surface area is 339 Å². The molecule has 5 aromatic rings. The topological polar surface area (TPSA) is 124 Å². The van der Waals surface area contributed by atoms with Gasteiger partial charge in [-0.05, 0) is 54.7 Å². The van der Waals surface area contributed by atoms with Gasteiger partial charge in [-0.15, -0.1) is 0 Å². The molecule has 10 nitrogen and oxygen atoms in total. The van der Waals surface area contributed by atoms with Crippen LogP contribution in [0.25, 0.3) is 0 Å². The number of fused-ring (bicyclic) bond motifs is 1. The minimum atomic E-state index is -2.76. The van der Waals surface area contributed by atoms with Crippen LogP contribution in [0, 0.1) is 0 Å². The number of ether oxygens (including phenoxy) is 3. The Morgan fingerprint density at radius 3 is 1.72 bits per heavy atom. The van der Waals surface area contributed by atoms with Gasteiger partial charge in [-0.1, -0.05) is 151 Å². The summed E-state index contributed by atoms with van der Waals surface area (Å²) in [5, 5.41) is 24.2. The first-order chi connectivity index (χ1) is 28.2. The van der Waals surface area contributed by atoms with Crippen molar-refractivity contribution in [2.75, 3.05) is 6.61 Å². The summed E-state index contributed by atoms with van der Waals surface area (Å²) in [6, 6.07) is 46.8. The second-order valence-electron chi connectivity index (χ2n) is 15.9. The molecule has 0 spiro atoms. The first-order valence-electron chi connectivity index (χ1n) is 20.0. The number of rotatable bonds is 12. The highest BCUT2D eigenvalue weighted by atomic mass is 28.3. The van der Waals surface area contributed by atoms with Gasteiger partial charge in [-0.2, -0.15) is 0 Å². The van der Waals surface area contributed by atoms with Gasteiger partial charge in [-0.25, -0.2) is 14.4 Å². The smallest absolute Gasteiger partial charge is 0.338 e. The average Bonchev–Trinajstić information content (AvgIpc) is 3.89. The molecule has 1 saturated carbocycles. The second kappa shape index (κ2) is 17.1. The van der Waals surface area contributed by atoms with E-state index in [0.29, 0.717) is 17.5 Å².